The van der Waals surface area contributed by atoms with Gasteiger partial charge in [-0.15, -0.1) is 0 Å². The predicted octanol–water partition coefficient (Wildman–Crippen LogP) is 3.62. The van der Waals surface area contributed by atoms with Crippen LogP contribution in [0.1, 0.15) is 53.4 Å². The summed E-state index contributed by atoms with van der Waals surface area (Å²) in [5.74, 6) is -2.62. The third-order valence-corrected chi connectivity index (χ3v) is 3.63. The van der Waals surface area contributed by atoms with Crippen molar-refractivity contribution >= 4 is 0 Å². The summed E-state index contributed by atoms with van der Waals surface area (Å²) in [6.07, 6.45) is -0.169. The second-order valence-corrected chi connectivity index (χ2v) is 6.51. The highest BCUT2D eigenvalue weighted by molar-refractivity contribution is 4.87. The highest BCUT2D eigenvalue weighted by Crippen LogP contribution is 2.41. The van der Waals surface area contributed by atoms with Crippen molar-refractivity contribution in [3.8, 4) is 0 Å². The van der Waals surface area contributed by atoms with Gasteiger partial charge in [0.2, 0.25) is 5.92 Å². The van der Waals surface area contributed by atoms with Crippen molar-refractivity contribution in [3.63, 3.8) is 0 Å². The number of hydrogen-bond donors (Lipinski definition) is 1. The van der Waals surface area contributed by atoms with E-state index in [0.717, 1.165) is 0 Å². The van der Waals surface area contributed by atoms with E-state index >= 15 is 0 Å². The molecule has 18 heavy (non-hydrogen) atoms. The lowest BCUT2D eigenvalue weighted by molar-refractivity contribution is -0.0957. The lowest BCUT2D eigenvalue weighted by atomic mass is 9.82. The number of ether oxygens (including phenoxy) is 1. The Bertz CT molecular complexity index is 261. The SMILES string of the molecule is CCOC(C(O)CC1CCC(F)(F)C1)C(C)(C)C. The van der Waals surface area contributed by atoms with Gasteiger partial charge in [0.1, 0.15) is 0 Å². The maximum absolute atomic E-state index is 13.1. The van der Waals surface area contributed by atoms with Gasteiger partial charge in [-0.3, -0.25) is 0 Å². The lowest BCUT2D eigenvalue weighted by Crippen LogP contribution is -2.41. The predicted molar refractivity (Wildman–Crippen MR) is 67.8 cm³/mol. The van der Waals surface area contributed by atoms with E-state index in [1.165, 1.54) is 0 Å². The minimum Gasteiger partial charge on any atom is -0.390 e. The van der Waals surface area contributed by atoms with Crippen LogP contribution in [0.5, 0.6) is 0 Å². The molecule has 3 atom stereocenters. The fraction of sp³-hybridized carbons (Fsp3) is 1.00. The first-order chi connectivity index (χ1) is 8.15. The number of halogens is 2. The number of hydrogen-bond acceptors (Lipinski definition) is 2. The van der Waals surface area contributed by atoms with E-state index in [-0.39, 0.29) is 30.3 Å². The van der Waals surface area contributed by atoms with Crippen molar-refractivity contribution in [2.45, 2.75) is 71.5 Å². The Labute approximate surface area is 109 Å². The van der Waals surface area contributed by atoms with E-state index in [4.69, 9.17) is 4.74 Å². The van der Waals surface area contributed by atoms with E-state index in [1.54, 1.807) is 0 Å². The Hall–Kier alpha value is -0.220. The van der Waals surface area contributed by atoms with Gasteiger partial charge in [-0.1, -0.05) is 20.8 Å². The molecular formula is C14H26F2O2. The third-order valence-electron chi connectivity index (χ3n) is 3.63. The van der Waals surface area contributed by atoms with Crippen LogP contribution in [-0.2, 0) is 4.74 Å². The summed E-state index contributed by atoms with van der Waals surface area (Å²) in [6, 6.07) is 0. The van der Waals surface area contributed by atoms with Crippen LogP contribution < -0.4 is 0 Å². The van der Waals surface area contributed by atoms with Gasteiger partial charge < -0.3 is 9.84 Å². The molecule has 0 saturated heterocycles. The molecule has 1 rings (SSSR count). The van der Waals surface area contributed by atoms with Gasteiger partial charge >= 0.3 is 0 Å². The van der Waals surface area contributed by atoms with Gasteiger partial charge in [-0.25, -0.2) is 8.78 Å². The van der Waals surface area contributed by atoms with Gasteiger partial charge in [-0.2, -0.15) is 0 Å². The molecule has 0 aromatic carbocycles. The Morgan fingerprint density at radius 2 is 2.00 bits per heavy atom. The zero-order chi connectivity index (χ0) is 14.0. The average molecular weight is 264 g/mol. The Morgan fingerprint density at radius 1 is 1.39 bits per heavy atom. The minimum atomic E-state index is -2.53. The number of rotatable bonds is 5. The standard InChI is InChI=1S/C14H26F2O2/c1-5-18-12(13(2,3)4)11(17)8-10-6-7-14(15,16)9-10/h10-12,17H,5-9H2,1-4H3. The van der Waals surface area contributed by atoms with Crippen LogP contribution in [0.3, 0.4) is 0 Å². The molecular weight excluding hydrogens is 238 g/mol. The summed E-state index contributed by atoms with van der Waals surface area (Å²) in [4.78, 5) is 0. The van der Waals surface area contributed by atoms with Crippen LogP contribution in [0.25, 0.3) is 0 Å². The monoisotopic (exact) mass is 264 g/mol. The van der Waals surface area contributed by atoms with Gasteiger partial charge in [0.15, 0.2) is 0 Å². The first-order valence-corrected chi connectivity index (χ1v) is 6.83. The van der Waals surface area contributed by atoms with Crippen LogP contribution in [-0.4, -0.2) is 29.8 Å². The normalized spacial score (nSPS) is 27.2. The van der Waals surface area contributed by atoms with Crippen LogP contribution in [0.4, 0.5) is 8.78 Å². The quantitative estimate of drug-likeness (QED) is 0.821. The second-order valence-electron chi connectivity index (χ2n) is 6.51. The zero-order valence-corrected chi connectivity index (χ0v) is 11.9. The molecule has 2 nitrogen and oxygen atoms in total. The van der Waals surface area contributed by atoms with Crippen LogP contribution in [0.2, 0.25) is 0 Å². The fourth-order valence-corrected chi connectivity index (χ4v) is 2.83. The molecule has 0 aromatic rings. The molecule has 0 aliphatic heterocycles. The summed E-state index contributed by atoms with van der Waals surface area (Å²) in [7, 11) is 0. The van der Waals surface area contributed by atoms with Gasteiger partial charge in [0.05, 0.1) is 12.2 Å². The number of aliphatic hydroxyl groups excluding tert-OH is 1. The van der Waals surface area contributed by atoms with Crippen molar-refractivity contribution in [2.24, 2.45) is 11.3 Å². The molecule has 1 N–H and O–H groups in total. The van der Waals surface area contributed by atoms with Crippen molar-refractivity contribution in [2.75, 3.05) is 6.61 Å². The Kier molecular flexibility index (Phi) is 5.13. The van der Waals surface area contributed by atoms with Crippen LogP contribution in [0.15, 0.2) is 0 Å². The zero-order valence-electron chi connectivity index (χ0n) is 11.9. The summed E-state index contributed by atoms with van der Waals surface area (Å²) in [5, 5.41) is 10.2. The van der Waals surface area contributed by atoms with Crippen molar-refractivity contribution in [3.05, 3.63) is 0 Å². The van der Waals surface area contributed by atoms with E-state index in [0.29, 0.717) is 19.4 Å². The molecule has 0 aromatic heterocycles. The number of alkyl halides is 2. The van der Waals surface area contributed by atoms with E-state index in [2.05, 4.69) is 0 Å². The molecule has 0 spiro atoms. The van der Waals surface area contributed by atoms with Crippen LogP contribution in [0, 0.1) is 11.3 Å². The van der Waals surface area contributed by atoms with Crippen molar-refractivity contribution < 1.29 is 18.6 Å². The van der Waals surface area contributed by atoms with Crippen molar-refractivity contribution in [1.82, 2.24) is 0 Å². The fourth-order valence-electron chi connectivity index (χ4n) is 2.83. The summed E-state index contributed by atoms with van der Waals surface area (Å²) in [5.41, 5.74) is -0.184. The maximum atomic E-state index is 13.1. The first kappa shape index (κ1) is 15.8. The Morgan fingerprint density at radius 3 is 2.39 bits per heavy atom. The largest absolute Gasteiger partial charge is 0.390 e. The molecule has 4 heteroatoms. The highest BCUT2D eigenvalue weighted by atomic mass is 19.3. The molecule has 108 valence electrons. The minimum absolute atomic E-state index is 0.0425. The molecule has 1 saturated carbocycles. The summed E-state index contributed by atoms with van der Waals surface area (Å²) in [6.45, 7) is 8.41. The molecule has 1 aliphatic carbocycles. The smallest absolute Gasteiger partial charge is 0.248 e. The van der Waals surface area contributed by atoms with Gasteiger partial charge in [0.25, 0.3) is 0 Å². The average Bonchev–Trinajstić information content (AvgIpc) is 2.52. The first-order valence-electron chi connectivity index (χ1n) is 6.83. The highest BCUT2D eigenvalue weighted by Gasteiger charge is 2.41. The molecule has 0 radical (unpaired) electrons. The van der Waals surface area contributed by atoms with E-state index in [9.17, 15) is 13.9 Å². The van der Waals surface area contributed by atoms with E-state index in [1.807, 2.05) is 27.7 Å². The summed E-state index contributed by atoms with van der Waals surface area (Å²) < 4.78 is 31.8. The molecule has 3 unspecified atom stereocenters. The second kappa shape index (κ2) is 5.83. The van der Waals surface area contributed by atoms with E-state index < -0.39 is 12.0 Å². The molecule has 0 bridgehead atoms. The topological polar surface area (TPSA) is 29.5 Å². The summed E-state index contributed by atoms with van der Waals surface area (Å²) >= 11 is 0. The number of aliphatic hydroxyl groups is 1. The third kappa shape index (κ3) is 4.47. The van der Waals surface area contributed by atoms with Crippen molar-refractivity contribution in [1.29, 1.82) is 0 Å². The Balaban J connectivity index is 2.54. The molecule has 1 fully saturated rings. The maximum Gasteiger partial charge on any atom is 0.248 e. The van der Waals surface area contributed by atoms with Gasteiger partial charge in [0, 0.05) is 19.4 Å². The van der Waals surface area contributed by atoms with Crippen LogP contribution >= 0.6 is 0 Å². The van der Waals surface area contributed by atoms with Gasteiger partial charge in [-0.05, 0) is 31.1 Å². The molecule has 0 amide bonds. The molecule has 1 aliphatic rings. The molecule has 0 heterocycles. The lowest BCUT2D eigenvalue weighted by Gasteiger charge is -2.35.